The Morgan fingerprint density at radius 3 is 2.38 bits per heavy atom. The van der Waals surface area contributed by atoms with Crippen LogP contribution in [0.25, 0.3) is 11.3 Å². The Balaban J connectivity index is 2.66. The fraction of sp³-hybridized carbons (Fsp3) is 0.214. The molecular formula is C14H10ClF3N2O. The lowest BCUT2D eigenvalue weighted by Crippen LogP contribution is -2.06. The van der Waals surface area contributed by atoms with Crippen LogP contribution < -0.4 is 0 Å². The zero-order valence-corrected chi connectivity index (χ0v) is 11.9. The summed E-state index contributed by atoms with van der Waals surface area (Å²) in [5.41, 5.74) is 0.298. The topological polar surface area (TPSA) is 42.9 Å². The number of aryl methyl sites for hydroxylation is 2. The molecule has 0 saturated heterocycles. The van der Waals surface area contributed by atoms with E-state index < -0.39 is 11.7 Å². The third kappa shape index (κ3) is 3.05. The molecule has 1 aromatic heterocycles. The molecule has 21 heavy (non-hydrogen) atoms. The Hall–Kier alpha value is -1.95. The number of carbonyl (C=O) groups is 1. The van der Waals surface area contributed by atoms with Crippen LogP contribution in [0.5, 0.6) is 0 Å². The van der Waals surface area contributed by atoms with Crippen molar-refractivity contribution >= 4 is 17.9 Å². The molecule has 2 rings (SSSR count). The molecule has 110 valence electrons. The molecule has 0 radical (unpaired) electrons. The molecule has 0 N–H and O–H groups in total. The average Bonchev–Trinajstić information content (AvgIpc) is 2.36. The normalized spacial score (nSPS) is 11.5. The first-order valence-electron chi connectivity index (χ1n) is 5.91. The Kier molecular flexibility index (Phi) is 4.00. The van der Waals surface area contributed by atoms with Crippen LogP contribution in [0.2, 0.25) is 5.15 Å². The Morgan fingerprint density at radius 1 is 1.19 bits per heavy atom. The van der Waals surface area contributed by atoms with Crippen molar-refractivity contribution in [3.05, 3.63) is 45.9 Å². The zero-order chi connectivity index (χ0) is 15.8. The van der Waals surface area contributed by atoms with E-state index in [0.29, 0.717) is 23.2 Å². The fourth-order valence-electron chi connectivity index (χ4n) is 1.96. The lowest BCUT2D eigenvalue weighted by Gasteiger charge is -2.12. The molecule has 7 heteroatoms. The summed E-state index contributed by atoms with van der Waals surface area (Å²) in [6, 6.07) is 3.24. The molecule has 2 aromatic rings. The van der Waals surface area contributed by atoms with Crippen LogP contribution in [0.4, 0.5) is 13.2 Å². The minimum absolute atomic E-state index is 0.0215. The number of aldehydes is 1. The Bertz CT molecular complexity index is 714. The molecule has 0 spiro atoms. The minimum atomic E-state index is -4.42. The van der Waals surface area contributed by atoms with Gasteiger partial charge in [-0.15, -0.1) is 0 Å². The lowest BCUT2D eigenvalue weighted by atomic mass is 9.99. The van der Waals surface area contributed by atoms with Crippen molar-refractivity contribution in [3.8, 4) is 11.3 Å². The van der Waals surface area contributed by atoms with Crippen LogP contribution in [0.3, 0.4) is 0 Å². The van der Waals surface area contributed by atoms with E-state index >= 15 is 0 Å². The molecule has 0 atom stereocenters. The van der Waals surface area contributed by atoms with Crippen LogP contribution in [-0.2, 0) is 6.18 Å². The van der Waals surface area contributed by atoms with Crippen molar-refractivity contribution in [1.29, 1.82) is 0 Å². The Morgan fingerprint density at radius 2 is 1.86 bits per heavy atom. The molecule has 0 saturated carbocycles. The van der Waals surface area contributed by atoms with Gasteiger partial charge >= 0.3 is 6.18 Å². The van der Waals surface area contributed by atoms with E-state index in [1.165, 1.54) is 13.0 Å². The molecule has 0 amide bonds. The van der Waals surface area contributed by atoms with Gasteiger partial charge in [0.2, 0.25) is 0 Å². The molecule has 1 heterocycles. The van der Waals surface area contributed by atoms with Gasteiger partial charge in [0.15, 0.2) is 6.29 Å². The molecule has 3 nitrogen and oxygen atoms in total. The number of hydrogen-bond donors (Lipinski definition) is 0. The fourth-order valence-corrected chi connectivity index (χ4v) is 2.22. The lowest BCUT2D eigenvalue weighted by molar-refractivity contribution is -0.137. The third-order valence-corrected chi connectivity index (χ3v) is 3.23. The van der Waals surface area contributed by atoms with Crippen molar-refractivity contribution in [2.45, 2.75) is 20.0 Å². The van der Waals surface area contributed by atoms with Crippen LogP contribution in [0.15, 0.2) is 18.2 Å². The molecule has 0 aliphatic carbocycles. The summed E-state index contributed by atoms with van der Waals surface area (Å²) in [5, 5.41) is -0.0215. The number of carbonyl (C=O) groups excluding carboxylic acids is 1. The van der Waals surface area contributed by atoms with E-state index in [1.54, 1.807) is 6.92 Å². The Labute approximate surface area is 123 Å². The number of benzene rings is 1. The van der Waals surface area contributed by atoms with Gasteiger partial charge in [-0.2, -0.15) is 13.2 Å². The van der Waals surface area contributed by atoms with Gasteiger partial charge in [-0.1, -0.05) is 17.7 Å². The molecule has 0 unspecified atom stereocenters. The molecule has 0 fully saturated rings. The summed E-state index contributed by atoms with van der Waals surface area (Å²) in [7, 11) is 0. The van der Waals surface area contributed by atoms with Crippen LogP contribution in [0.1, 0.15) is 27.3 Å². The number of alkyl halides is 3. The van der Waals surface area contributed by atoms with E-state index in [1.807, 2.05) is 0 Å². The highest BCUT2D eigenvalue weighted by molar-refractivity contribution is 6.32. The van der Waals surface area contributed by atoms with E-state index in [0.717, 1.165) is 12.1 Å². The quantitative estimate of drug-likeness (QED) is 0.615. The predicted octanol–water partition coefficient (Wildman–Crippen LogP) is 4.25. The van der Waals surface area contributed by atoms with Gasteiger partial charge in [0.25, 0.3) is 0 Å². The monoisotopic (exact) mass is 314 g/mol. The van der Waals surface area contributed by atoms with Gasteiger partial charge < -0.3 is 0 Å². The van der Waals surface area contributed by atoms with E-state index in [9.17, 15) is 18.0 Å². The predicted molar refractivity (Wildman–Crippen MR) is 72.3 cm³/mol. The van der Waals surface area contributed by atoms with Crippen molar-refractivity contribution in [2.24, 2.45) is 0 Å². The second-order valence-corrected chi connectivity index (χ2v) is 4.83. The van der Waals surface area contributed by atoms with Crippen LogP contribution in [-0.4, -0.2) is 16.3 Å². The molecule has 1 aromatic carbocycles. The highest BCUT2D eigenvalue weighted by Crippen LogP contribution is 2.34. The minimum Gasteiger partial charge on any atom is -0.298 e. The smallest absolute Gasteiger partial charge is 0.298 e. The first kappa shape index (κ1) is 15.4. The van der Waals surface area contributed by atoms with Gasteiger partial charge in [-0.05, 0) is 31.5 Å². The van der Waals surface area contributed by atoms with Crippen molar-refractivity contribution in [2.75, 3.05) is 0 Å². The first-order valence-corrected chi connectivity index (χ1v) is 6.29. The highest BCUT2D eigenvalue weighted by Gasteiger charge is 2.31. The van der Waals surface area contributed by atoms with Crippen molar-refractivity contribution < 1.29 is 18.0 Å². The second-order valence-electron chi connectivity index (χ2n) is 4.47. The van der Waals surface area contributed by atoms with Gasteiger partial charge in [0, 0.05) is 5.56 Å². The molecule has 0 bridgehead atoms. The summed E-state index contributed by atoms with van der Waals surface area (Å²) < 4.78 is 38.0. The number of aromatic nitrogens is 2. The first-order chi connectivity index (χ1) is 9.74. The van der Waals surface area contributed by atoms with E-state index in [2.05, 4.69) is 9.97 Å². The number of halogens is 4. The second kappa shape index (κ2) is 5.44. The summed E-state index contributed by atoms with van der Waals surface area (Å²) >= 11 is 5.88. The number of nitrogens with zero attached hydrogens (tertiary/aromatic N) is 2. The van der Waals surface area contributed by atoms with Gasteiger partial charge in [-0.3, -0.25) is 4.79 Å². The maximum absolute atomic E-state index is 12.7. The van der Waals surface area contributed by atoms with Gasteiger partial charge in [0.05, 0.1) is 16.8 Å². The standard InChI is InChI=1S/C14H10ClF3N2O/c1-7-5-9(14(16,17)18)3-4-10(7)12-11(6-21)13(15)20-8(2)19-12/h3-6H,1-2H3. The van der Waals surface area contributed by atoms with Gasteiger partial charge in [0.1, 0.15) is 11.0 Å². The van der Waals surface area contributed by atoms with Crippen molar-refractivity contribution in [3.63, 3.8) is 0 Å². The van der Waals surface area contributed by atoms with E-state index in [4.69, 9.17) is 11.6 Å². The number of hydrogen-bond acceptors (Lipinski definition) is 3. The summed E-state index contributed by atoms with van der Waals surface area (Å²) in [4.78, 5) is 19.1. The number of rotatable bonds is 2. The summed E-state index contributed by atoms with van der Waals surface area (Å²) in [5.74, 6) is 0.333. The maximum Gasteiger partial charge on any atom is 0.416 e. The summed E-state index contributed by atoms with van der Waals surface area (Å²) in [6.07, 6.45) is -3.93. The van der Waals surface area contributed by atoms with E-state index in [-0.39, 0.29) is 16.4 Å². The highest BCUT2D eigenvalue weighted by atomic mass is 35.5. The van der Waals surface area contributed by atoms with Crippen LogP contribution >= 0.6 is 11.6 Å². The van der Waals surface area contributed by atoms with Gasteiger partial charge in [-0.25, -0.2) is 9.97 Å². The largest absolute Gasteiger partial charge is 0.416 e. The molecular weight excluding hydrogens is 305 g/mol. The summed E-state index contributed by atoms with van der Waals surface area (Å²) in [6.45, 7) is 3.11. The maximum atomic E-state index is 12.7. The van der Waals surface area contributed by atoms with Crippen molar-refractivity contribution in [1.82, 2.24) is 9.97 Å². The molecule has 0 aliphatic heterocycles. The average molecular weight is 315 g/mol. The SMILES string of the molecule is Cc1nc(Cl)c(C=O)c(-c2ccc(C(F)(F)F)cc2C)n1. The van der Waals surface area contributed by atoms with Crippen LogP contribution in [0, 0.1) is 13.8 Å². The zero-order valence-electron chi connectivity index (χ0n) is 11.1. The third-order valence-electron chi connectivity index (χ3n) is 2.94. The molecule has 0 aliphatic rings.